The summed E-state index contributed by atoms with van der Waals surface area (Å²) in [7, 11) is 0. The predicted octanol–water partition coefficient (Wildman–Crippen LogP) is 5.53. The van der Waals surface area contributed by atoms with Gasteiger partial charge in [-0.2, -0.15) is 18.3 Å². The van der Waals surface area contributed by atoms with Crippen LogP contribution < -0.4 is 5.32 Å². The minimum Gasteiger partial charge on any atom is -0.460 e. The number of amides is 1. The SMILES string of the molecule is CCC(CC)n1nc(C(=O)NC(CC(=O)OC(C)(C)C)CC(C)O)cc1-c1ccccc1C(F)(F)F. The van der Waals surface area contributed by atoms with Crippen molar-refractivity contribution in [3.63, 3.8) is 0 Å². The number of aliphatic hydroxyl groups excluding tert-OH is 1. The fraction of sp³-hybridized carbons (Fsp3) is 0.577. The number of carbonyl (C=O) groups excluding carboxylic acids is 2. The van der Waals surface area contributed by atoms with Gasteiger partial charge in [0.05, 0.1) is 29.8 Å². The molecule has 200 valence electrons. The van der Waals surface area contributed by atoms with Crippen molar-refractivity contribution >= 4 is 11.9 Å². The molecule has 7 nitrogen and oxygen atoms in total. The van der Waals surface area contributed by atoms with E-state index in [1.807, 2.05) is 13.8 Å². The Morgan fingerprint density at radius 1 is 1.14 bits per heavy atom. The summed E-state index contributed by atoms with van der Waals surface area (Å²) in [5, 5.41) is 16.9. The van der Waals surface area contributed by atoms with E-state index >= 15 is 0 Å². The highest BCUT2D eigenvalue weighted by Gasteiger charge is 2.35. The number of esters is 1. The van der Waals surface area contributed by atoms with Gasteiger partial charge in [-0.3, -0.25) is 14.3 Å². The molecule has 1 aromatic heterocycles. The minimum absolute atomic E-state index is 0.0715. The Kier molecular flexibility index (Phi) is 9.70. The van der Waals surface area contributed by atoms with Gasteiger partial charge in [-0.05, 0) is 59.1 Å². The summed E-state index contributed by atoms with van der Waals surface area (Å²) >= 11 is 0. The monoisotopic (exact) mass is 511 g/mol. The van der Waals surface area contributed by atoms with Crippen LogP contribution in [0.1, 0.15) is 89.3 Å². The van der Waals surface area contributed by atoms with E-state index in [2.05, 4.69) is 10.4 Å². The van der Waals surface area contributed by atoms with Gasteiger partial charge in [0.1, 0.15) is 5.60 Å². The van der Waals surface area contributed by atoms with E-state index in [-0.39, 0.29) is 35.8 Å². The molecule has 0 radical (unpaired) electrons. The van der Waals surface area contributed by atoms with E-state index in [1.165, 1.54) is 35.9 Å². The second-order valence-corrected chi connectivity index (χ2v) is 9.92. The number of carbonyl (C=O) groups is 2. The predicted molar refractivity (Wildman–Crippen MR) is 130 cm³/mol. The summed E-state index contributed by atoms with van der Waals surface area (Å²) in [5.74, 6) is -1.20. The quantitative estimate of drug-likeness (QED) is 0.409. The van der Waals surface area contributed by atoms with Gasteiger partial charge in [0, 0.05) is 11.6 Å². The maximum Gasteiger partial charge on any atom is 0.417 e. The van der Waals surface area contributed by atoms with E-state index in [0.29, 0.717) is 12.8 Å². The summed E-state index contributed by atoms with van der Waals surface area (Å²) in [6.07, 6.45) is -4.29. The normalized spacial score (nSPS) is 14.0. The van der Waals surface area contributed by atoms with Gasteiger partial charge >= 0.3 is 12.1 Å². The van der Waals surface area contributed by atoms with Crippen molar-refractivity contribution in [2.24, 2.45) is 0 Å². The molecule has 0 fully saturated rings. The van der Waals surface area contributed by atoms with Crippen LogP contribution in [0.5, 0.6) is 0 Å². The smallest absolute Gasteiger partial charge is 0.417 e. The number of alkyl halides is 3. The molecule has 1 heterocycles. The van der Waals surface area contributed by atoms with Gasteiger partial charge in [0.25, 0.3) is 5.91 Å². The van der Waals surface area contributed by atoms with Gasteiger partial charge in [-0.25, -0.2) is 0 Å². The zero-order valence-electron chi connectivity index (χ0n) is 21.6. The van der Waals surface area contributed by atoms with Crippen LogP contribution in [0.4, 0.5) is 13.2 Å². The molecule has 0 aliphatic heterocycles. The van der Waals surface area contributed by atoms with Crippen LogP contribution in [0.15, 0.2) is 30.3 Å². The molecular formula is C26H36F3N3O4. The first-order valence-corrected chi connectivity index (χ1v) is 12.1. The van der Waals surface area contributed by atoms with Gasteiger partial charge in [-0.15, -0.1) is 0 Å². The maximum atomic E-state index is 13.8. The zero-order chi connectivity index (χ0) is 27.3. The van der Waals surface area contributed by atoms with E-state index < -0.39 is 41.4 Å². The second kappa shape index (κ2) is 11.9. The summed E-state index contributed by atoms with van der Waals surface area (Å²) in [5.41, 5.74) is -1.50. The van der Waals surface area contributed by atoms with Gasteiger partial charge in [0.2, 0.25) is 0 Å². The first kappa shape index (κ1) is 29.4. The fourth-order valence-electron chi connectivity index (χ4n) is 4.02. The van der Waals surface area contributed by atoms with Gasteiger partial charge in [-0.1, -0.05) is 32.0 Å². The molecule has 2 aromatic rings. The fourth-order valence-corrected chi connectivity index (χ4v) is 4.02. The van der Waals surface area contributed by atoms with Gasteiger partial charge in [0.15, 0.2) is 5.69 Å². The molecule has 0 spiro atoms. The molecule has 1 aromatic carbocycles. The van der Waals surface area contributed by atoms with Crippen LogP contribution in [0.25, 0.3) is 11.3 Å². The molecule has 2 atom stereocenters. The van der Waals surface area contributed by atoms with Crippen molar-refractivity contribution in [1.29, 1.82) is 0 Å². The number of aliphatic hydroxyl groups is 1. The lowest BCUT2D eigenvalue weighted by Crippen LogP contribution is -2.40. The number of hydrogen-bond donors (Lipinski definition) is 2. The Morgan fingerprint density at radius 3 is 2.28 bits per heavy atom. The van der Waals surface area contributed by atoms with Crippen LogP contribution in [0.3, 0.4) is 0 Å². The number of halogens is 3. The van der Waals surface area contributed by atoms with Crippen molar-refractivity contribution in [1.82, 2.24) is 15.1 Å². The third-order valence-electron chi connectivity index (χ3n) is 5.56. The average Bonchev–Trinajstić information content (AvgIpc) is 3.17. The lowest BCUT2D eigenvalue weighted by atomic mass is 10.0. The van der Waals surface area contributed by atoms with E-state index in [0.717, 1.165) is 6.07 Å². The summed E-state index contributed by atoms with van der Waals surface area (Å²) in [6, 6.07) is 5.54. The number of benzene rings is 1. The third kappa shape index (κ3) is 8.08. The highest BCUT2D eigenvalue weighted by Crippen LogP contribution is 2.38. The molecule has 2 N–H and O–H groups in total. The Hall–Kier alpha value is -2.88. The second-order valence-electron chi connectivity index (χ2n) is 9.92. The molecule has 0 aliphatic rings. The summed E-state index contributed by atoms with van der Waals surface area (Å²) in [6.45, 7) is 10.5. The number of rotatable bonds is 10. The van der Waals surface area contributed by atoms with Crippen molar-refractivity contribution in [2.45, 2.75) is 97.2 Å². The molecule has 36 heavy (non-hydrogen) atoms. The largest absolute Gasteiger partial charge is 0.460 e. The number of nitrogens with one attached hydrogen (secondary N) is 1. The van der Waals surface area contributed by atoms with Crippen molar-refractivity contribution in [3.05, 3.63) is 41.6 Å². The van der Waals surface area contributed by atoms with Crippen molar-refractivity contribution < 1.29 is 32.6 Å². The molecule has 0 bridgehead atoms. The number of hydrogen-bond acceptors (Lipinski definition) is 5. The molecule has 2 rings (SSSR count). The highest BCUT2D eigenvalue weighted by atomic mass is 19.4. The first-order chi connectivity index (χ1) is 16.7. The van der Waals surface area contributed by atoms with E-state index in [1.54, 1.807) is 20.8 Å². The molecule has 1 amide bonds. The van der Waals surface area contributed by atoms with Crippen LogP contribution in [-0.4, -0.2) is 44.5 Å². The van der Waals surface area contributed by atoms with Crippen LogP contribution in [0.2, 0.25) is 0 Å². The van der Waals surface area contributed by atoms with Crippen LogP contribution in [-0.2, 0) is 15.7 Å². The summed E-state index contributed by atoms with van der Waals surface area (Å²) in [4.78, 5) is 25.5. The standard InChI is InChI=1S/C26H36F3N3O4/c1-7-18(8-2)32-22(19-11-9-10-12-20(19)26(27,28)29)15-21(31-32)24(35)30-17(13-16(3)33)14-23(34)36-25(4,5)6/h9-12,15-18,33H,7-8,13-14H2,1-6H3,(H,30,35). The van der Waals surface area contributed by atoms with E-state index in [4.69, 9.17) is 4.74 Å². The Balaban J connectivity index is 2.45. The molecule has 0 aliphatic carbocycles. The highest BCUT2D eigenvalue weighted by molar-refractivity contribution is 5.94. The van der Waals surface area contributed by atoms with Crippen LogP contribution >= 0.6 is 0 Å². The lowest BCUT2D eigenvalue weighted by Gasteiger charge is -2.23. The van der Waals surface area contributed by atoms with Crippen molar-refractivity contribution in [2.75, 3.05) is 0 Å². The molecule has 0 saturated heterocycles. The zero-order valence-corrected chi connectivity index (χ0v) is 21.6. The Bertz CT molecular complexity index is 1040. The topological polar surface area (TPSA) is 93.5 Å². The molecule has 10 heteroatoms. The molecule has 0 saturated carbocycles. The number of nitrogens with zero attached hydrogens (tertiary/aromatic N) is 2. The Labute approximate surface area is 210 Å². The lowest BCUT2D eigenvalue weighted by molar-refractivity contribution is -0.155. The average molecular weight is 512 g/mol. The third-order valence-corrected chi connectivity index (χ3v) is 5.56. The number of aromatic nitrogens is 2. The van der Waals surface area contributed by atoms with Crippen LogP contribution in [0, 0.1) is 0 Å². The maximum absolute atomic E-state index is 13.8. The van der Waals surface area contributed by atoms with Gasteiger partial charge < -0.3 is 15.2 Å². The minimum atomic E-state index is -4.59. The van der Waals surface area contributed by atoms with Crippen molar-refractivity contribution in [3.8, 4) is 11.3 Å². The summed E-state index contributed by atoms with van der Waals surface area (Å²) < 4.78 is 48.1. The Morgan fingerprint density at radius 2 is 1.75 bits per heavy atom. The molecule has 2 unspecified atom stereocenters. The first-order valence-electron chi connectivity index (χ1n) is 12.1. The number of ether oxygens (including phenoxy) is 1. The molecular weight excluding hydrogens is 475 g/mol. The van der Waals surface area contributed by atoms with E-state index in [9.17, 15) is 27.9 Å².